The maximum Gasteiger partial charge on any atom is 0.265 e. The van der Waals surface area contributed by atoms with Crippen LogP contribution in [0.2, 0.25) is 0 Å². The van der Waals surface area contributed by atoms with Gasteiger partial charge in [0.25, 0.3) is 11.8 Å². The van der Waals surface area contributed by atoms with Gasteiger partial charge in [0.15, 0.2) is 6.10 Å². The van der Waals surface area contributed by atoms with Crippen LogP contribution >= 0.6 is 0 Å². The van der Waals surface area contributed by atoms with Gasteiger partial charge < -0.3 is 15.0 Å². The smallest absolute Gasteiger partial charge is 0.265 e. The van der Waals surface area contributed by atoms with E-state index in [1.807, 2.05) is 62.2 Å². The second kappa shape index (κ2) is 10.3. The number of rotatable bonds is 7. The Hall–Kier alpha value is -2.82. The van der Waals surface area contributed by atoms with Crippen LogP contribution in [0.3, 0.4) is 0 Å². The molecule has 0 heterocycles. The van der Waals surface area contributed by atoms with E-state index in [2.05, 4.69) is 5.32 Å². The first-order chi connectivity index (χ1) is 14.5. The zero-order valence-electron chi connectivity index (χ0n) is 18.2. The molecule has 0 aliphatic heterocycles. The lowest BCUT2D eigenvalue weighted by Gasteiger charge is -2.31. The number of aryl methyl sites for hydroxylation is 1. The van der Waals surface area contributed by atoms with E-state index in [0.29, 0.717) is 23.4 Å². The van der Waals surface area contributed by atoms with Crippen LogP contribution in [-0.2, 0) is 4.79 Å². The molecule has 1 fully saturated rings. The number of carbonyl (C=O) groups excluding carboxylic acids is 2. The van der Waals surface area contributed by atoms with E-state index >= 15 is 0 Å². The summed E-state index contributed by atoms with van der Waals surface area (Å²) in [5, 5.41) is 2.93. The zero-order valence-corrected chi connectivity index (χ0v) is 18.2. The Morgan fingerprint density at radius 1 is 1.07 bits per heavy atom. The van der Waals surface area contributed by atoms with Crippen molar-refractivity contribution < 1.29 is 14.3 Å². The fraction of sp³-hybridized carbons (Fsp3) is 0.440. The summed E-state index contributed by atoms with van der Waals surface area (Å²) in [6.07, 6.45) is 5.54. The molecule has 0 bridgehead atoms. The fourth-order valence-corrected chi connectivity index (χ4v) is 3.98. The second-order valence-electron chi connectivity index (χ2n) is 8.02. The highest BCUT2D eigenvalue weighted by atomic mass is 16.5. The summed E-state index contributed by atoms with van der Waals surface area (Å²) in [6.45, 7) is 3.87. The van der Waals surface area contributed by atoms with Crippen LogP contribution in [0.15, 0.2) is 48.5 Å². The maximum atomic E-state index is 13.2. The van der Waals surface area contributed by atoms with Crippen molar-refractivity contribution in [2.45, 2.75) is 64.5 Å². The molecule has 1 aliphatic rings. The van der Waals surface area contributed by atoms with Gasteiger partial charge in [0.05, 0.1) is 11.3 Å². The average Bonchev–Trinajstić information content (AvgIpc) is 2.78. The first-order valence-corrected chi connectivity index (χ1v) is 10.9. The van der Waals surface area contributed by atoms with Gasteiger partial charge in [0.1, 0.15) is 5.75 Å². The highest BCUT2D eigenvalue weighted by Crippen LogP contribution is 2.25. The highest BCUT2D eigenvalue weighted by molar-refractivity contribution is 6.04. The van der Waals surface area contributed by atoms with Crippen molar-refractivity contribution in [1.82, 2.24) is 4.90 Å². The average molecular weight is 409 g/mol. The number of hydrogen-bond acceptors (Lipinski definition) is 3. The third-order valence-corrected chi connectivity index (χ3v) is 5.88. The fourth-order valence-electron chi connectivity index (χ4n) is 3.98. The topological polar surface area (TPSA) is 58.6 Å². The maximum absolute atomic E-state index is 13.2. The lowest BCUT2D eigenvalue weighted by molar-refractivity contribution is -0.122. The van der Waals surface area contributed by atoms with Crippen molar-refractivity contribution in [2.24, 2.45) is 0 Å². The van der Waals surface area contributed by atoms with Crippen LogP contribution in [0.4, 0.5) is 5.69 Å². The molecule has 0 aromatic heterocycles. The molecule has 2 amide bonds. The number of benzene rings is 2. The Morgan fingerprint density at radius 3 is 2.43 bits per heavy atom. The summed E-state index contributed by atoms with van der Waals surface area (Å²) in [7, 11) is 1.87. The number of para-hydroxylation sites is 2. The van der Waals surface area contributed by atoms with Crippen molar-refractivity contribution in [3.05, 3.63) is 59.7 Å². The molecule has 1 saturated carbocycles. The van der Waals surface area contributed by atoms with Crippen LogP contribution in [0, 0.1) is 6.92 Å². The molecular formula is C25H32N2O3. The van der Waals surface area contributed by atoms with Crippen molar-refractivity contribution in [3.8, 4) is 5.75 Å². The number of nitrogens with zero attached hydrogens (tertiary/aromatic N) is 1. The quantitative estimate of drug-likeness (QED) is 0.685. The Labute approximate surface area is 179 Å². The van der Waals surface area contributed by atoms with Crippen molar-refractivity contribution >= 4 is 17.5 Å². The first kappa shape index (κ1) is 21.9. The van der Waals surface area contributed by atoms with Crippen LogP contribution in [0.25, 0.3) is 0 Å². The molecule has 2 aromatic carbocycles. The predicted octanol–water partition coefficient (Wildman–Crippen LogP) is 5.20. The van der Waals surface area contributed by atoms with E-state index in [-0.39, 0.29) is 17.9 Å². The summed E-state index contributed by atoms with van der Waals surface area (Å²) in [6, 6.07) is 15.1. The SMILES string of the molecule is CC[C@@H](Oc1ccccc1C)C(=O)Nc1ccccc1C(=O)N(C)C1CCCCC1. The molecular weight excluding hydrogens is 376 g/mol. The first-order valence-electron chi connectivity index (χ1n) is 10.9. The Kier molecular flexibility index (Phi) is 7.50. The molecule has 1 atom stereocenters. The summed E-state index contributed by atoms with van der Waals surface area (Å²) in [5.74, 6) is 0.396. The molecule has 3 rings (SSSR count). The van der Waals surface area contributed by atoms with Gasteiger partial charge in [-0.25, -0.2) is 0 Å². The van der Waals surface area contributed by atoms with Gasteiger partial charge in [-0.3, -0.25) is 9.59 Å². The highest BCUT2D eigenvalue weighted by Gasteiger charge is 2.26. The normalized spacial score (nSPS) is 15.3. The number of anilines is 1. The summed E-state index contributed by atoms with van der Waals surface area (Å²) >= 11 is 0. The standard InChI is InChI=1S/C25H32N2O3/c1-4-22(30-23-17-11-8-12-18(23)2)24(28)26-21-16-10-9-15-20(21)25(29)27(3)19-13-6-5-7-14-19/h8-12,15-17,19,22H,4-7,13-14H2,1-3H3,(H,26,28)/t22-/m1/s1. The lowest BCUT2D eigenvalue weighted by Crippen LogP contribution is -2.39. The van der Waals surface area contributed by atoms with Gasteiger partial charge in [-0.15, -0.1) is 0 Å². The molecule has 1 N–H and O–H groups in total. The molecule has 160 valence electrons. The van der Waals surface area contributed by atoms with Gasteiger partial charge in [0.2, 0.25) is 0 Å². The van der Waals surface area contributed by atoms with Crippen molar-refractivity contribution in [3.63, 3.8) is 0 Å². The molecule has 0 saturated heterocycles. The zero-order chi connectivity index (χ0) is 21.5. The number of nitrogens with one attached hydrogen (secondary N) is 1. The molecule has 0 spiro atoms. The minimum absolute atomic E-state index is 0.0503. The van der Waals surface area contributed by atoms with Crippen LogP contribution in [0.5, 0.6) is 5.75 Å². The Morgan fingerprint density at radius 2 is 1.73 bits per heavy atom. The largest absolute Gasteiger partial charge is 0.480 e. The predicted molar refractivity (Wildman–Crippen MR) is 120 cm³/mol. The monoisotopic (exact) mass is 408 g/mol. The van der Waals surface area contributed by atoms with Crippen LogP contribution in [0.1, 0.15) is 61.4 Å². The second-order valence-corrected chi connectivity index (χ2v) is 8.02. The number of amides is 2. The van der Waals surface area contributed by atoms with E-state index in [1.165, 1.54) is 6.42 Å². The number of hydrogen-bond donors (Lipinski definition) is 1. The molecule has 30 heavy (non-hydrogen) atoms. The van der Waals surface area contributed by atoms with Crippen LogP contribution in [-0.4, -0.2) is 35.9 Å². The molecule has 0 unspecified atom stereocenters. The van der Waals surface area contributed by atoms with E-state index < -0.39 is 6.10 Å². The summed E-state index contributed by atoms with van der Waals surface area (Å²) < 4.78 is 5.96. The minimum Gasteiger partial charge on any atom is -0.480 e. The Bertz CT molecular complexity index is 874. The van der Waals surface area contributed by atoms with E-state index in [1.54, 1.807) is 12.1 Å². The van der Waals surface area contributed by atoms with Crippen molar-refractivity contribution in [2.75, 3.05) is 12.4 Å². The molecule has 2 aromatic rings. The van der Waals surface area contributed by atoms with Gasteiger partial charge in [-0.2, -0.15) is 0 Å². The molecule has 0 radical (unpaired) electrons. The van der Waals surface area contributed by atoms with Crippen LogP contribution < -0.4 is 10.1 Å². The molecule has 1 aliphatic carbocycles. The molecule has 5 heteroatoms. The summed E-state index contributed by atoms with van der Waals surface area (Å²) in [5.41, 5.74) is 2.03. The number of carbonyl (C=O) groups is 2. The van der Waals surface area contributed by atoms with Crippen molar-refractivity contribution in [1.29, 1.82) is 0 Å². The van der Waals surface area contributed by atoms with Gasteiger partial charge in [-0.05, 0) is 49.9 Å². The molecule has 5 nitrogen and oxygen atoms in total. The Balaban J connectivity index is 1.73. The van der Waals surface area contributed by atoms with E-state index in [4.69, 9.17) is 4.74 Å². The van der Waals surface area contributed by atoms with Gasteiger partial charge in [0, 0.05) is 13.1 Å². The summed E-state index contributed by atoms with van der Waals surface area (Å²) in [4.78, 5) is 27.9. The van der Waals surface area contributed by atoms with E-state index in [9.17, 15) is 9.59 Å². The lowest BCUT2D eigenvalue weighted by atomic mass is 9.94. The van der Waals surface area contributed by atoms with E-state index in [0.717, 1.165) is 31.2 Å². The third-order valence-electron chi connectivity index (χ3n) is 5.88. The number of ether oxygens (including phenoxy) is 1. The third kappa shape index (κ3) is 5.21. The van der Waals surface area contributed by atoms with Gasteiger partial charge >= 0.3 is 0 Å². The van der Waals surface area contributed by atoms with Gasteiger partial charge in [-0.1, -0.05) is 56.5 Å². The minimum atomic E-state index is -0.634.